The van der Waals surface area contributed by atoms with Crippen LogP contribution in [0.2, 0.25) is 0 Å². The first-order chi connectivity index (χ1) is 9.31. The van der Waals surface area contributed by atoms with E-state index in [0.29, 0.717) is 5.41 Å². The number of fused-ring (bicyclic) bond motifs is 1. The monoisotopic (exact) mass is 295 g/mol. The molecule has 0 amide bonds. The molecular formula is C16H25NS2. The van der Waals surface area contributed by atoms with Crippen molar-refractivity contribution in [2.75, 3.05) is 18.8 Å². The Hall–Kier alpha value is 0.0100. The van der Waals surface area contributed by atoms with Gasteiger partial charge in [0, 0.05) is 24.5 Å². The second kappa shape index (κ2) is 6.19. The SMILES string of the molecule is SCC1(CN2CCc3sccc3C2)CCCCCC1. The molecule has 1 aliphatic carbocycles. The normalized spacial score (nSPS) is 23.8. The molecule has 0 unspecified atom stereocenters. The quantitative estimate of drug-likeness (QED) is 0.640. The molecule has 0 N–H and O–H groups in total. The second-order valence-corrected chi connectivity index (χ2v) is 7.72. The van der Waals surface area contributed by atoms with E-state index >= 15 is 0 Å². The third-order valence-corrected chi connectivity index (χ3v) is 6.64. The van der Waals surface area contributed by atoms with Crippen molar-refractivity contribution in [2.24, 2.45) is 5.41 Å². The van der Waals surface area contributed by atoms with Gasteiger partial charge in [-0.15, -0.1) is 11.3 Å². The predicted octanol–water partition coefficient (Wildman–Crippen LogP) is 4.38. The summed E-state index contributed by atoms with van der Waals surface area (Å²) in [5.41, 5.74) is 2.08. The maximum absolute atomic E-state index is 4.72. The Morgan fingerprint density at radius 2 is 2.00 bits per heavy atom. The summed E-state index contributed by atoms with van der Waals surface area (Å²) in [5, 5.41) is 2.26. The molecule has 0 radical (unpaired) electrons. The minimum absolute atomic E-state index is 0.493. The number of thiophene rings is 1. The molecule has 1 nitrogen and oxygen atoms in total. The first kappa shape index (κ1) is 14.0. The zero-order chi connectivity index (χ0) is 13.1. The highest BCUT2D eigenvalue weighted by Gasteiger charge is 2.32. The van der Waals surface area contributed by atoms with Crippen LogP contribution in [0.25, 0.3) is 0 Å². The van der Waals surface area contributed by atoms with Gasteiger partial charge in [-0.1, -0.05) is 25.7 Å². The number of nitrogens with zero attached hydrogens (tertiary/aromatic N) is 1. The maximum Gasteiger partial charge on any atom is 0.0245 e. The van der Waals surface area contributed by atoms with Crippen LogP contribution in [0.1, 0.15) is 49.0 Å². The van der Waals surface area contributed by atoms with Gasteiger partial charge in [0.1, 0.15) is 0 Å². The predicted molar refractivity (Wildman–Crippen MR) is 87.3 cm³/mol. The van der Waals surface area contributed by atoms with Crippen LogP contribution < -0.4 is 0 Å². The molecule has 1 saturated carbocycles. The van der Waals surface area contributed by atoms with Crippen LogP contribution in [0.4, 0.5) is 0 Å². The van der Waals surface area contributed by atoms with Gasteiger partial charge in [-0.05, 0) is 47.4 Å². The molecule has 106 valence electrons. The molecule has 0 bridgehead atoms. The Bertz CT molecular complexity index is 405. The van der Waals surface area contributed by atoms with Gasteiger partial charge in [-0.25, -0.2) is 0 Å². The van der Waals surface area contributed by atoms with E-state index in [1.807, 2.05) is 11.3 Å². The molecule has 1 aromatic rings. The Morgan fingerprint density at radius 1 is 1.21 bits per heavy atom. The van der Waals surface area contributed by atoms with Gasteiger partial charge < -0.3 is 0 Å². The van der Waals surface area contributed by atoms with Crippen LogP contribution in [0, 0.1) is 5.41 Å². The van der Waals surface area contributed by atoms with Crippen LogP contribution in [-0.2, 0) is 13.0 Å². The second-order valence-electron chi connectivity index (χ2n) is 6.40. The van der Waals surface area contributed by atoms with Crippen molar-refractivity contribution >= 4 is 24.0 Å². The number of rotatable bonds is 3. The summed E-state index contributed by atoms with van der Waals surface area (Å²) in [7, 11) is 0. The highest BCUT2D eigenvalue weighted by Crippen LogP contribution is 2.38. The molecule has 3 rings (SSSR count). The van der Waals surface area contributed by atoms with Crippen molar-refractivity contribution in [3.8, 4) is 0 Å². The lowest BCUT2D eigenvalue weighted by Gasteiger charge is -2.38. The van der Waals surface area contributed by atoms with Gasteiger partial charge in [0.2, 0.25) is 0 Å². The molecule has 1 aliphatic heterocycles. The summed E-state index contributed by atoms with van der Waals surface area (Å²) in [5.74, 6) is 1.07. The van der Waals surface area contributed by atoms with Crippen LogP contribution in [-0.4, -0.2) is 23.7 Å². The van der Waals surface area contributed by atoms with E-state index in [4.69, 9.17) is 12.6 Å². The van der Waals surface area contributed by atoms with E-state index in [9.17, 15) is 0 Å². The van der Waals surface area contributed by atoms with Crippen LogP contribution in [0.3, 0.4) is 0 Å². The topological polar surface area (TPSA) is 3.24 Å². The van der Waals surface area contributed by atoms with E-state index < -0.39 is 0 Å². The highest BCUT2D eigenvalue weighted by atomic mass is 32.1. The molecule has 0 aromatic carbocycles. The molecule has 0 spiro atoms. The summed E-state index contributed by atoms with van der Waals surface area (Å²) in [6, 6.07) is 2.33. The number of hydrogen-bond acceptors (Lipinski definition) is 3. The van der Waals surface area contributed by atoms with Gasteiger partial charge in [0.25, 0.3) is 0 Å². The van der Waals surface area contributed by atoms with Crippen molar-refractivity contribution in [1.29, 1.82) is 0 Å². The molecule has 0 atom stereocenters. The smallest absolute Gasteiger partial charge is 0.0245 e. The lowest BCUT2D eigenvalue weighted by molar-refractivity contribution is 0.140. The van der Waals surface area contributed by atoms with Crippen molar-refractivity contribution in [3.05, 3.63) is 21.9 Å². The minimum Gasteiger partial charge on any atom is -0.298 e. The molecular weight excluding hydrogens is 270 g/mol. The Morgan fingerprint density at radius 3 is 2.74 bits per heavy atom. The largest absolute Gasteiger partial charge is 0.298 e. The summed E-state index contributed by atoms with van der Waals surface area (Å²) >= 11 is 6.66. The summed E-state index contributed by atoms with van der Waals surface area (Å²) in [6.07, 6.45) is 9.74. The van der Waals surface area contributed by atoms with E-state index in [-0.39, 0.29) is 0 Å². The highest BCUT2D eigenvalue weighted by molar-refractivity contribution is 7.80. The lowest BCUT2D eigenvalue weighted by atomic mass is 9.81. The van der Waals surface area contributed by atoms with E-state index in [0.717, 1.165) is 5.75 Å². The van der Waals surface area contributed by atoms with Crippen molar-refractivity contribution in [3.63, 3.8) is 0 Å². The van der Waals surface area contributed by atoms with Crippen molar-refractivity contribution < 1.29 is 0 Å². The minimum atomic E-state index is 0.493. The van der Waals surface area contributed by atoms with Gasteiger partial charge in [0.05, 0.1) is 0 Å². The molecule has 0 saturated heterocycles. The average Bonchev–Trinajstić information content (AvgIpc) is 2.77. The summed E-state index contributed by atoms with van der Waals surface area (Å²) < 4.78 is 0. The standard InChI is InChI=1S/C16H25NS2/c18-13-16(7-3-1-2-4-8-16)12-17-9-5-15-14(11-17)6-10-19-15/h6,10,18H,1-5,7-9,11-13H2. The van der Waals surface area contributed by atoms with E-state index in [1.54, 1.807) is 10.4 Å². The fourth-order valence-electron chi connectivity index (χ4n) is 3.76. The third kappa shape index (κ3) is 3.20. The first-order valence-corrected chi connectivity index (χ1v) is 9.21. The van der Waals surface area contributed by atoms with Gasteiger partial charge in [-0.2, -0.15) is 12.6 Å². The average molecular weight is 296 g/mol. The summed E-state index contributed by atoms with van der Waals surface area (Å²) in [6.45, 7) is 3.70. The Kier molecular flexibility index (Phi) is 4.55. The fraction of sp³-hybridized carbons (Fsp3) is 0.750. The van der Waals surface area contributed by atoms with Crippen LogP contribution >= 0.6 is 24.0 Å². The number of thiol groups is 1. The maximum atomic E-state index is 4.72. The van der Waals surface area contributed by atoms with Crippen LogP contribution in [0.15, 0.2) is 11.4 Å². The van der Waals surface area contributed by atoms with Gasteiger partial charge in [-0.3, -0.25) is 4.90 Å². The number of hydrogen-bond donors (Lipinski definition) is 1. The van der Waals surface area contributed by atoms with Crippen LogP contribution in [0.5, 0.6) is 0 Å². The lowest BCUT2D eigenvalue weighted by Crippen LogP contribution is -2.41. The zero-order valence-electron chi connectivity index (χ0n) is 11.7. The summed E-state index contributed by atoms with van der Waals surface area (Å²) in [4.78, 5) is 4.31. The third-order valence-electron chi connectivity index (χ3n) is 4.95. The van der Waals surface area contributed by atoms with Gasteiger partial charge >= 0.3 is 0 Å². The zero-order valence-corrected chi connectivity index (χ0v) is 13.4. The van der Waals surface area contributed by atoms with Gasteiger partial charge in [0.15, 0.2) is 0 Å². The van der Waals surface area contributed by atoms with E-state index in [2.05, 4.69) is 16.3 Å². The van der Waals surface area contributed by atoms with E-state index in [1.165, 1.54) is 64.6 Å². The molecule has 19 heavy (non-hydrogen) atoms. The molecule has 1 fully saturated rings. The Balaban J connectivity index is 1.66. The first-order valence-electron chi connectivity index (χ1n) is 7.70. The molecule has 2 aliphatic rings. The van der Waals surface area contributed by atoms with Crippen molar-refractivity contribution in [1.82, 2.24) is 4.90 Å². The molecule has 3 heteroatoms. The molecule has 2 heterocycles. The fourth-order valence-corrected chi connectivity index (χ4v) is 5.07. The molecule has 1 aromatic heterocycles. The Labute approximate surface area is 126 Å². The van der Waals surface area contributed by atoms with Crippen molar-refractivity contribution in [2.45, 2.75) is 51.5 Å².